The van der Waals surface area contributed by atoms with Crippen molar-refractivity contribution >= 4 is 28.9 Å². The van der Waals surface area contributed by atoms with E-state index in [1.165, 1.54) is 11.8 Å². The number of benzene rings is 1. The van der Waals surface area contributed by atoms with Crippen LogP contribution in [-0.4, -0.2) is 26.7 Å². The maximum atomic E-state index is 15.1. The average Bonchev–Trinajstić information content (AvgIpc) is 3.51. The van der Waals surface area contributed by atoms with E-state index in [0.717, 1.165) is 60.1 Å². The molecule has 2 aromatic heterocycles. The van der Waals surface area contributed by atoms with Gasteiger partial charge in [-0.3, -0.25) is 4.40 Å². The molecule has 0 bridgehead atoms. The molecule has 2 saturated carbocycles. The van der Waals surface area contributed by atoms with E-state index in [2.05, 4.69) is 15.6 Å². The number of nitrogens with one attached hydrogen (secondary N) is 3. The van der Waals surface area contributed by atoms with Gasteiger partial charge in [0.2, 0.25) is 0 Å². The minimum Gasteiger partial charge on any atom is -0.389 e. The number of imidazole rings is 1. The monoisotopic (exact) mass is 459 g/mol. The molecule has 176 valence electrons. The van der Waals surface area contributed by atoms with Crippen molar-refractivity contribution in [2.75, 3.05) is 5.32 Å². The molecule has 0 radical (unpaired) electrons. The number of pyridine rings is 1. The number of allylic oxidation sites excluding steroid dienone is 2. The molecule has 0 amide bonds. The summed E-state index contributed by atoms with van der Waals surface area (Å²) in [4.78, 5) is 4.40. The van der Waals surface area contributed by atoms with Gasteiger partial charge >= 0.3 is 0 Å². The van der Waals surface area contributed by atoms with Gasteiger partial charge in [-0.15, -0.1) is 0 Å². The minimum absolute atomic E-state index is 0.228. The highest BCUT2D eigenvalue weighted by atomic mass is 19.1. The minimum atomic E-state index is -0.587. The van der Waals surface area contributed by atoms with Crippen LogP contribution in [0, 0.1) is 18.2 Å². The van der Waals surface area contributed by atoms with Crippen molar-refractivity contribution in [3.63, 3.8) is 0 Å². The number of anilines is 1. The molecule has 0 saturated heterocycles. The second-order valence-electron chi connectivity index (χ2n) is 9.30. The number of aliphatic hydroxyl groups excluding tert-OH is 1. The maximum absolute atomic E-state index is 15.1. The molecule has 1 atom stereocenters. The first-order valence-corrected chi connectivity index (χ1v) is 11.9. The molecule has 34 heavy (non-hydrogen) atoms. The lowest BCUT2D eigenvalue weighted by molar-refractivity contribution is 0.199. The van der Waals surface area contributed by atoms with Gasteiger partial charge in [-0.25, -0.2) is 9.37 Å². The van der Waals surface area contributed by atoms with Crippen LogP contribution in [0.2, 0.25) is 0 Å². The number of aryl methyl sites for hydroxylation is 1. The molecule has 7 heteroatoms. The number of aliphatic hydroxyl groups is 1. The predicted octanol–water partition coefficient (Wildman–Crippen LogP) is 5.58. The molecule has 2 heterocycles. The first-order chi connectivity index (χ1) is 16.4. The Labute approximate surface area is 198 Å². The molecule has 0 aliphatic heterocycles. The SMILES string of the molecule is Cc1cc(F)c(C(NC2CC2)=C2CCC2)cc1/C(C=N)=C/Nc1cnc2ccc(C(C)O)cn12. The number of fused-ring (bicyclic) bond motifs is 1. The summed E-state index contributed by atoms with van der Waals surface area (Å²) in [7, 11) is 0. The van der Waals surface area contributed by atoms with Gasteiger partial charge < -0.3 is 21.1 Å². The summed E-state index contributed by atoms with van der Waals surface area (Å²) in [6, 6.07) is 7.59. The van der Waals surface area contributed by atoms with E-state index in [0.29, 0.717) is 23.0 Å². The van der Waals surface area contributed by atoms with Crippen LogP contribution in [0.15, 0.2) is 48.4 Å². The van der Waals surface area contributed by atoms with Gasteiger partial charge in [-0.05, 0) is 86.4 Å². The number of halogens is 1. The van der Waals surface area contributed by atoms with Crippen LogP contribution in [0.25, 0.3) is 16.9 Å². The van der Waals surface area contributed by atoms with Crippen LogP contribution >= 0.6 is 0 Å². The first kappa shape index (κ1) is 22.3. The highest BCUT2D eigenvalue weighted by Crippen LogP contribution is 2.37. The molecular weight excluding hydrogens is 429 g/mol. The third-order valence-electron chi connectivity index (χ3n) is 6.67. The Hall–Kier alpha value is -3.45. The van der Waals surface area contributed by atoms with Gasteiger partial charge in [0.05, 0.1) is 12.3 Å². The first-order valence-electron chi connectivity index (χ1n) is 11.9. The zero-order valence-corrected chi connectivity index (χ0v) is 19.5. The van der Waals surface area contributed by atoms with Crippen LogP contribution in [0.3, 0.4) is 0 Å². The van der Waals surface area contributed by atoms with Crippen molar-refractivity contribution in [3.8, 4) is 0 Å². The summed E-state index contributed by atoms with van der Waals surface area (Å²) in [5.41, 5.74) is 6.58. The molecule has 2 fully saturated rings. The van der Waals surface area contributed by atoms with Crippen LogP contribution in [0.1, 0.15) is 67.4 Å². The van der Waals surface area contributed by atoms with Crippen LogP contribution in [-0.2, 0) is 0 Å². The Kier molecular flexibility index (Phi) is 5.96. The average molecular weight is 460 g/mol. The number of hydrogen-bond donors (Lipinski definition) is 4. The molecule has 1 unspecified atom stereocenters. The molecule has 1 aromatic carbocycles. The van der Waals surface area contributed by atoms with Crippen molar-refractivity contribution in [1.82, 2.24) is 14.7 Å². The molecule has 5 rings (SSSR count). The molecule has 4 N–H and O–H groups in total. The Morgan fingerprint density at radius 3 is 2.71 bits per heavy atom. The zero-order valence-electron chi connectivity index (χ0n) is 19.5. The van der Waals surface area contributed by atoms with E-state index in [1.54, 1.807) is 25.4 Å². The van der Waals surface area contributed by atoms with Crippen LogP contribution < -0.4 is 10.6 Å². The highest BCUT2D eigenvalue weighted by molar-refractivity contribution is 6.09. The fourth-order valence-electron chi connectivity index (χ4n) is 4.28. The van der Waals surface area contributed by atoms with E-state index < -0.39 is 6.10 Å². The largest absolute Gasteiger partial charge is 0.389 e. The van der Waals surface area contributed by atoms with Gasteiger partial charge in [0, 0.05) is 41.5 Å². The summed E-state index contributed by atoms with van der Waals surface area (Å²) >= 11 is 0. The zero-order chi connectivity index (χ0) is 23.8. The molecular formula is C27H30FN5O. The number of rotatable bonds is 8. The number of hydrogen-bond acceptors (Lipinski definition) is 5. The molecule has 3 aromatic rings. The summed E-state index contributed by atoms with van der Waals surface area (Å²) in [5, 5.41) is 24.8. The number of aromatic nitrogens is 2. The summed E-state index contributed by atoms with van der Waals surface area (Å²) in [5.74, 6) is 0.484. The highest BCUT2D eigenvalue weighted by Gasteiger charge is 2.27. The van der Waals surface area contributed by atoms with Gasteiger partial charge in [0.15, 0.2) is 0 Å². The van der Waals surface area contributed by atoms with Crippen LogP contribution in [0.4, 0.5) is 10.2 Å². The lowest BCUT2D eigenvalue weighted by Gasteiger charge is -2.24. The Morgan fingerprint density at radius 1 is 1.26 bits per heavy atom. The molecule has 2 aliphatic carbocycles. The molecule has 2 aliphatic rings. The lowest BCUT2D eigenvalue weighted by Crippen LogP contribution is -2.20. The molecule has 6 nitrogen and oxygen atoms in total. The van der Waals surface area contributed by atoms with Crippen molar-refractivity contribution in [2.24, 2.45) is 0 Å². The van der Waals surface area contributed by atoms with E-state index in [1.807, 2.05) is 35.7 Å². The Morgan fingerprint density at radius 2 is 2.06 bits per heavy atom. The smallest absolute Gasteiger partial charge is 0.138 e. The topological polar surface area (TPSA) is 85.4 Å². The number of nitrogens with zero attached hydrogens (tertiary/aromatic N) is 2. The standard InChI is InChI=1S/C27H30FN5O/c1-16-10-24(28)23(27(18-4-3-5-18)32-21-7-8-21)11-22(16)20(12-29)13-30-26-14-31-25-9-6-19(17(2)34)15-33(25)26/h6,9-15,17,21,29-30,32,34H,3-5,7-8H2,1-2H3/b20-13+,29-12?. The van der Waals surface area contributed by atoms with Crippen molar-refractivity contribution in [1.29, 1.82) is 5.41 Å². The Balaban J connectivity index is 1.50. The summed E-state index contributed by atoms with van der Waals surface area (Å²) in [6.07, 6.45) is 11.4. The van der Waals surface area contributed by atoms with E-state index in [9.17, 15) is 5.11 Å². The van der Waals surface area contributed by atoms with Gasteiger partial charge in [0.25, 0.3) is 0 Å². The third kappa shape index (κ3) is 4.35. The van der Waals surface area contributed by atoms with Crippen molar-refractivity contribution in [3.05, 3.63) is 76.5 Å². The fraction of sp³-hybridized carbons (Fsp3) is 0.333. The fourth-order valence-corrected chi connectivity index (χ4v) is 4.28. The van der Waals surface area contributed by atoms with Gasteiger partial charge in [-0.2, -0.15) is 0 Å². The van der Waals surface area contributed by atoms with E-state index >= 15 is 4.39 Å². The van der Waals surface area contributed by atoms with Crippen molar-refractivity contribution < 1.29 is 9.50 Å². The van der Waals surface area contributed by atoms with Crippen molar-refractivity contribution in [2.45, 2.75) is 58.1 Å². The predicted molar refractivity (Wildman–Crippen MR) is 134 cm³/mol. The quantitative estimate of drug-likeness (QED) is 0.331. The summed E-state index contributed by atoms with van der Waals surface area (Å²) < 4.78 is 17.0. The Bertz CT molecular complexity index is 1310. The van der Waals surface area contributed by atoms with Gasteiger partial charge in [0.1, 0.15) is 17.3 Å². The van der Waals surface area contributed by atoms with Gasteiger partial charge in [-0.1, -0.05) is 6.07 Å². The second-order valence-corrected chi connectivity index (χ2v) is 9.30. The maximum Gasteiger partial charge on any atom is 0.138 e. The molecule has 0 spiro atoms. The summed E-state index contributed by atoms with van der Waals surface area (Å²) in [6.45, 7) is 3.59. The lowest BCUT2D eigenvalue weighted by atomic mass is 9.87. The normalized spacial score (nSPS) is 16.8. The van der Waals surface area contributed by atoms with Crippen LogP contribution in [0.5, 0.6) is 0 Å². The van der Waals surface area contributed by atoms with E-state index in [-0.39, 0.29) is 5.82 Å². The van der Waals surface area contributed by atoms with E-state index in [4.69, 9.17) is 5.41 Å². The second kappa shape index (κ2) is 9.06. The third-order valence-corrected chi connectivity index (χ3v) is 6.67.